The summed E-state index contributed by atoms with van der Waals surface area (Å²) < 4.78 is 43.9. The highest BCUT2D eigenvalue weighted by molar-refractivity contribution is 7.16. The highest BCUT2D eigenvalue weighted by atomic mass is 32.1. The van der Waals surface area contributed by atoms with E-state index in [2.05, 4.69) is 4.98 Å². The molecular weight excluding hydrogens is 357 g/mol. The minimum Gasteiger partial charge on any atom is -0.379 e. The zero-order chi connectivity index (χ0) is 18.8. The van der Waals surface area contributed by atoms with E-state index in [0.29, 0.717) is 36.3 Å². The molecule has 1 aromatic heterocycles. The molecule has 1 saturated heterocycles. The first-order valence-electron chi connectivity index (χ1n) is 7.71. The van der Waals surface area contributed by atoms with Gasteiger partial charge in [-0.3, -0.25) is 9.69 Å². The number of nitrogens with zero attached hydrogens (tertiary/aromatic N) is 4. The first-order valence-corrected chi connectivity index (χ1v) is 8.53. The Kier molecular flexibility index (Phi) is 5.58. The summed E-state index contributed by atoms with van der Waals surface area (Å²) in [7, 11) is 0. The number of amides is 1. The molecule has 0 unspecified atom stereocenters. The van der Waals surface area contributed by atoms with Gasteiger partial charge < -0.3 is 9.64 Å². The van der Waals surface area contributed by atoms with Crippen LogP contribution in [0.3, 0.4) is 0 Å². The predicted octanol–water partition coefficient (Wildman–Crippen LogP) is 2.79. The van der Waals surface area contributed by atoms with E-state index < -0.39 is 12.1 Å². The van der Waals surface area contributed by atoms with Gasteiger partial charge in [0.15, 0.2) is 15.8 Å². The first-order chi connectivity index (χ1) is 11.6. The Morgan fingerprint density at radius 3 is 2.76 bits per heavy atom. The lowest BCUT2D eigenvalue weighted by Gasteiger charge is -2.28. The number of hydrogen-bond acceptors (Lipinski definition) is 6. The summed E-state index contributed by atoms with van der Waals surface area (Å²) in [6, 6.07) is 1.85. The Balaban J connectivity index is 2.38. The van der Waals surface area contributed by atoms with Crippen LogP contribution in [0, 0.1) is 16.7 Å². The molecular formula is C15H19F3N4O2S. The maximum absolute atomic E-state index is 12.8. The molecule has 2 heterocycles. The van der Waals surface area contributed by atoms with Crippen molar-refractivity contribution < 1.29 is 22.7 Å². The minimum absolute atomic E-state index is 0.0163. The van der Waals surface area contributed by atoms with Gasteiger partial charge in [-0.1, -0.05) is 25.2 Å². The number of carbonyl (C=O) groups excluding carboxylic acids is 1. The molecule has 0 bridgehead atoms. The van der Waals surface area contributed by atoms with E-state index in [1.54, 1.807) is 0 Å². The Bertz CT molecular complexity index is 681. The Morgan fingerprint density at radius 2 is 2.20 bits per heavy atom. The molecule has 0 atom stereocenters. The van der Waals surface area contributed by atoms with Crippen molar-refractivity contribution in [2.24, 2.45) is 5.41 Å². The molecule has 10 heteroatoms. The van der Waals surface area contributed by atoms with E-state index in [1.807, 2.05) is 24.8 Å². The molecule has 25 heavy (non-hydrogen) atoms. The summed E-state index contributed by atoms with van der Waals surface area (Å²) in [6.07, 6.45) is -5.02. The second-order valence-corrected chi connectivity index (χ2v) is 7.42. The van der Waals surface area contributed by atoms with Crippen LogP contribution in [0.2, 0.25) is 0 Å². The van der Waals surface area contributed by atoms with Crippen LogP contribution in [0.5, 0.6) is 0 Å². The summed E-state index contributed by atoms with van der Waals surface area (Å²) in [5.41, 5.74) is -0.165. The number of hydrogen-bond donors (Lipinski definition) is 0. The van der Waals surface area contributed by atoms with Crippen LogP contribution in [-0.2, 0) is 9.53 Å². The van der Waals surface area contributed by atoms with Crippen LogP contribution < -0.4 is 9.80 Å². The van der Waals surface area contributed by atoms with Crippen LogP contribution in [-0.4, -0.2) is 49.9 Å². The van der Waals surface area contributed by atoms with Gasteiger partial charge in [0.2, 0.25) is 0 Å². The maximum Gasteiger partial charge on any atom is 0.471 e. The van der Waals surface area contributed by atoms with Crippen molar-refractivity contribution in [1.29, 1.82) is 5.26 Å². The zero-order valence-electron chi connectivity index (χ0n) is 14.2. The number of anilines is 2. The number of aromatic nitrogens is 1. The van der Waals surface area contributed by atoms with Crippen LogP contribution in [0.1, 0.15) is 25.6 Å². The highest BCUT2D eigenvalue weighted by Crippen LogP contribution is 2.35. The Labute approximate surface area is 147 Å². The first kappa shape index (κ1) is 19.5. The van der Waals surface area contributed by atoms with Crippen molar-refractivity contribution in [3.63, 3.8) is 0 Å². The third-order valence-electron chi connectivity index (χ3n) is 3.65. The molecule has 1 aromatic rings. The van der Waals surface area contributed by atoms with Gasteiger partial charge in [0, 0.05) is 25.0 Å². The van der Waals surface area contributed by atoms with E-state index >= 15 is 0 Å². The van der Waals surface area contributed by atoms with E-state index in [1.165, 1.54) is 6.92 Å². The van der Waals surface area contributed by atoms with Crippen LogP contribution >= 0.6 is 11.3 Å². The van der Waals surface area contributed by atoms with Gasteiger partial charge in [-0.05, 0) is 6.92 Å². The molecule has 1 fully saturated rings. The molecule has 138 valence electrons. The molecule has 0 spiro atoms. The lowest BCUT2D eigenvalue weighted by atomic mass is 9.94. The number of ether oxygens (including phenoxy) is 1. The van der Waals surface area contributed by atoms with Gasteiger partial charge >= 0.3 is 12.1 Å². The molecule has 0 aliphatic carbocycles. The van der Waals surface area contributed by atoms with Crippen LogP contribution in [0.25, 0.3) is 0 Å². The predicted molar refractivity (Wildman–Crippen MR) is 87.7 cm³/mol. The quantitative estimate of drug-likeness (QED) is 0.811. The Hall–Kier alpha value is -1.86. The summed E-state index contributed by atoms with van der Waals surface area (Å²) in [4.78, 5) is 18.2. The van der Waals surface area contributed by atoms with Gasteiger partial charge in [0.25, 0.3) is 0 Å². The number of halogens is 3. The number of thiazole rings is 1. The molecule has 0 N–H and O–H groups in total. The standard InChI is InChI=1S/C15H19F3N4O2S/c1-4-22(12(23)15(16,17)18)11-10(7-19)25-13(20-11)21-5-6-24-9-14(2,3)8-21/h4-6,8-9H2,1-3H3. The number of alkyl halides is 3. The second kappa shape index (κ2) is 7.17. The zero-order valence-corrected chi connectivity index (χ0v) is 15.0. The van der Waals surface area contributed by atoms with Crippen LogP contribution in [0.15, 0.2) is 0 Å². The average Bonchev–Trinajstić information content (AvgIpc) is 2.85. The van der Waals surface area contributed by atoms with Crippen molar-refractivity contribution in [2.75, 3.05) is 42.6 Å². The summed E-state index contributed by atoms with van der Waals surface area (Å²) in [6.45, 7) is 7.31. The normalized spacial score (nSPS) is 17.7. The second-order valence-electron chi connectivity index (χ2n) is 6.45. The molecule has 1 aliphatic rings. The van der Waals surface area contributed by atoms with Gasteiger partial charge in [-0.15, -0.1) is 0 Å². The van der Waals surface area contributed by atoms with Crippen molar-refractivity contribution in [2.45, 2.75) is 26.9 Å². The number of nitriles is 1. The highest BCUT2D eigenvalue weighted by Gasteiger charge is 2.44. The summed E-state index contributed by atoms with van der Waals surface area (Å²) >= 11 is 0.985. The molecule has 6 nitrogen and oxygen atoms in total. The third-order valence-corrected chi connectivity index (χ3v) is 4.66. The minimum atomic E-state index is -5.02. The lowest BCUT2D eigenvalue weighted by Crippen LogP contribution is -2.41. The molecule has 0 radical (unpaired) electrons. The van der Waals surface area contributed by atoms with Crippen molar-refractivity contribution in [3.05, 3.63) is 4.88 Å². The van der Waals surface area contributed by atoms with E-state index in [-0.39, 0.29) is 22.7 Å². The average molecular weight is 376 g/mol. The van der Waals surface area contributed by atoms with Gasteiger partial charge in [-0.2, -0.15) is 18.4 Å². The van der Waals surface area contributed by atoms with Gasteiger partial charge in [0.05, 0.1) is 13.2 Å². The molecule has 2 rings (SSSR count). The SMILES string of the molecule is CCN(C(=O)C(F)(F)F)c1nc(N2CCOCC(C)(C)C2)sc1C#N. The monoisotopic (exact) mass is 376 g/mol. The number of rotatable bonds is 3. The van der Waals surface area contributed by atoms with Crippen LogP contribution in [0.4, 0.5) is 24.1 Å². The van der Waals surface area contributed by atoms with E-state index in [9.17, 15) is 23.2 Å². The number of carbonyl (C=O) groups is 1. The topological polar surface area (TPSA) is 69.5 Å². The lowest BCUT2D eigenvalue weighted by molar-refractivity contribution is -0.170. The molecule has 0 aromatic carbocycles. The largest absolute Gasteiger partial charge is 0.471 e. The van der Waals surface area contributed by atoms with Gasteiger partial charge in [0.1, 0.15) is 6.07 Å². The van der Waals surface area contributed by atoms with Crippen molar-refractivity contribution in [1.82, 2.24) is 4.98 Å². The van der Waals surface area contributed by atoms with Gasteiger partial charge in [-0.25, -0.2) is 4.98 Å². The maximum atomic E-state index is 12.8. The summed E-state index contributed by atoms with van der Waals surface area (Å²) in [5, 5.41) is 9.69. The molecule has 1 amide bonds. The fraction of sp³-hybridized carbons (Fsp3) is 0.667. The van der Waals surface area contributed by atoms with E-state index in [4.69, 9.17) is 4.74 Å². The van der Waals surface area contributed by atoms with Crippen molar-refractivity contribution >= 4 is 28.2 Å². The fourth-order valence-corrected chi connectivity index (χ4v) is 3.45. The molecule has 1 aliphatic heterocycles. The van der Waals surface area contributed by atoms with Crippen molar-refractivity contribution in [3.8, 4) is 6.07 Å². The summed E-state index contributed by atoms with van der Waals surface area (Å²) in [5.74, 6) is -2.27. The Morgan fingerprint density at radius 1 is 1.52 bits per heavy atom. The third kappa shape index (κ3) is 4.41. The smallest absolute Gasteiger partial charge is 0.379 e. The molecule has 0 saturated carbocycles. The van der Waals surface area contributed by atoms with E-state index in [0.717, 1.165) is 11.3 Å². The fourth-order valence-electron chi connectivity index (χ4n) is 2.56.